The molecule has 4 spiro atoms. The molecule has 8 rings (SSSR count). The van der Waals surface area contributed by atoms with Crippen LogP contribution in [0.2, 0.25) is 0 Å². The third kappa shape index (κ3) is 9.59. The van der Waals surface area contributed by atoms with Gasteiger partial charge in [0, 0.05) is 61.4 Å². The minimum Gasteiger partial charge on any atom is -0.478 e. The van der Waals surface area contributed by atoms with Gasteiger partial charge in [0.1, 0.15) is 12.1 Å². The van der Waals surface area contributed by atoms with Gasteiger partial charge in [-0.3, -0.25) is 15.0 Å². The first-order chi connectivity index (χ1) is 22.9. The van der Waals surface area contributed by atoms with Gasteiger partial charge in [-0.15, -0.1) is 23.5 Å². The average Bonchev–Trinajstić information content (AvgIpc) is 3.92. The summed E-state index contributed by atoms with van der Waals surface area (Å²) in [5.74, 6) is 6.63. The number of hydrogen-bond donors (Lipinski definition) is 1. The molecule has 0 aromatic rings. The molecule has 3 saturated heterocycles. The van der Waals surface area contributed by atoms with E-state index in [2.05, 4.69) is 70.7 Å². The van der Waals surface area contributed by atoms with E-state index in [1.54, 1.807) is 0 Å². The maximum atomic E-state index is 5.52. The lowest BCUT2D eigenvalue weighted by atomic mass is 10.00. The number of amidine groups is 1. The Morgan fingerprint density at radius 1 is 0.583 bits per heavy atom. The highest BCUT2D eigenvalue weighted by atomic mass is 32.2. The zero-order chi connectivity index (χ0) is 34.4. The topological polar surface area (TPSA) is 98.4 Å². The summed E-state index contributed by atoms with van der Waals surface area (Å²) in [6.07, 6.45) is 8.73. The molecule has 0 aromatic heterocycles. The largest absolute Gasteiger partial charge is 0.478 e. The van der Waals surface area contributed by atoms with E-state index in [1.165, 1.54) is 41.5 Å². The van der Waals surface area contributed by atoms with Gasteiger partial charge in [-0.1, -0.05) is 68.2 Å². The van der Waals surface area contributed by atoms with Crippen molar-refractivity contribution in [2.45, 2.75) is 122 Å². The summed E-state index contributed by atoms with van der Waals surface area (Å²) in [6, 6.07) is 0. The third-order valence-corrected chi connectivity index (χ3v) is 13.4. The molecule has 272 valence electrons. The average molecular weight is 706 g/mol. The smallest absolute Gasteiger partial charge is 0.186 e. The number of hydrogen-bond acceptors (Lipinski definition) is 11. The molecule has 8 aliphatic rings. The first-order valence-electron chi connectivity index (χ1n) is 18.6. The number of nitrogens with one attached hydrogen (secondary N) is 1. The first-order valence-corrected chi connectivity index (χ1v) is 20.6. The Kier molecular flexibility index (Phi) is 13.1. The second kappa shape index (κ2) is 16.5. The van der Waals surface area contributed by atoms with Gasteiger partial charge in [0.2, 0.25) is 0 Å². The minimum absolute atomic E-state index is 0.0143. The van der Waals surface area contributed by atoms with E-state index in [1.807, 2.05) is 23.5 Å². The van der Waals surface area contributed by atoms with Crippen LogP contribution in [0.15, 0.2) is 20.0 Å². The van der Waals surface area contributed by atoms with Crippen molar-refractivity contribution in [2.75, 3.05) is 64.3 Å². The molecule has 11 heteroatoms. The molecule has 1 N–H and O–H groups in total. The monoisotopic (exact) mass is 705 g/mol. The van der Waals surface area contributed by atoms with Crippen LogP contribution >= 0.6 is 23.5 Å². The van der Waals surface area contributed by atoms with Crippen molar-refractivity contribution in [3.05, 3.63) is 0 Å². The van der Waals surface area contributed by atoms with Gasteiger partial charge in [-0.25, -0.2) is 4.99 Å². The third-order valence-electron chi connectivity index (χ3n) is 10.3. The fraction of sp³-hybridized carbons (Fsp3) is 0.892. The van der Waals surface area contributed by atoms with Gasteiger partial charge in [-0.05, 0) is 25.7 Å². The molecule has 9 nitrogen and oxygen atoms in total. The molecular formula is C37H63N5O4S2. The van der Waals surface area contributed by atoms with E-state index in [0.717, 1.165) is 89.5 Å². The molecule has 0 radical (unpaired) electrons. The van der Waals surface area contributed by atoms with E-state index >= 15 is 0 Å². The van der Waals surface area contributed by atoms with Crippen LogP contribution in [0.1, 0.15) is 100 Å². The Bertz CT molecular complexity index is 1080. The SMILES string of the molecule is CC(C)C1=NC2(CCCC2)CS1.CC(C)C1=NC2(CCOC2)CO1.CC(C)C1=NC2(CCOC2)CS1.CC(C)C1=NCC2(CCOC2)N1. The lowest BCUT2D eigenvalue weighted by molar-refractivity contribution is 0.164. The van der Waals surface area contributed by atoms with Crippen molar-refractivity contribution >= 4 is 45.3 Å². The van der Waals surface area contributed by atoms with Crippen LogP contribution < -0.4 is 5.32 Å². The van der Waals surface area contributed by atoms with Crippen LogP contribution in [0.4, 0.5) is 0 Å². The molecule has 48 heavy (non-hydrogen) atoms. The summed E-state index contributed by atoms with van der Waals surface area (Å²) in [7, 11) is 0. The summed E-state index contributed by atoms with van der Waals surface area (Å²) in [4.78, 5) is 18.8. The van der Waals surface area contributed by atoms with E-state index in [0.29, 0.717) is 29.2 Å². The van der Waals surface area contributed by atoms with Gasteiger partial charge < -0.3 is 24.3 Å². The van der Waals surface area contributed by atoms with Gasteiger partial charge >= 0.3 is 0 Å². The molecule has 4 fully saturated rings. The number of rotatable bonds is 4. The predicted octanol–water partition coefficient (Wildman–Crippen LogP) is 7.08. The maximum Gasteiger partial charge on any atom is 0.186 e. The number of thioether (sulfide) groups is 2. The van der Waals surface area contributed by atoms with Crippen LogP contribution in [0, 0.1) is 23.7 Å². The highest BCUT2D eigenvalue weighted by Crippen LogP contribution is 2.42. The molecule has 3 unspecified atom stereocenters. The van der Waals surface area contributed by atoms with Gasteiger partial charge in [0.05, 0.1) is 58.9 Å². The lowest BCUT2D eigenvalue weighted by Crippen LogP contribution is -2.47. The van der Waals surface area contributed by atoms with Crippen molar-refractivity contribution in [3.63, 3.8) is 0 Å². The zero-order valence-corrected chi connectivity index (χ0v) is 32.7. The summed E-state index contributed by atoms with van der Waals surface area (Å²) in [5.41, 5.74) is 0.716. The quantitative estimate of drug-likeness (QED) is 0.334. The van der Waals surface area contributed by atoms with Crippen molar-refractivity contribution in [2.24, 2.45) is 43.6 Å². The predicted molar refractivity (Wildman–Crippen MR) is 204 cm³/mol. The molecule has 1 aliphatic carbocycles. The van der Waals surface area contributed by atoms with Gasteiger partial charge in [-0.2, -0.15) is 0 Å². The molecule has 0 amide bonds. The summed E-state index contributed by atoms with van der Waals surface area (Å²) >= 11 is 3.91. The molecule has 0 bridgehead atoms. The molecule has 0 aromatic carbocycles. The van der Waals surface area contributed by atoms with Crippen LogP contribution in [-0.2, 0) is 18.9 Å². The zero-order valence-electron chi connectivity index (χ0n) is 31.1. The van der Waals surface area contributed by atoms with E-state index in [-0.39, 0.29) is 16.6 Å². The molecule has 7 heterocycles. The normalized spacial score (nSPS) is 32.8. The first kappa shape index (κ1) is 38.1. The minimum atomic E-state index is -0.0143. The standard InChI is InChI=1S/C10H17NS.C9H16N2O.C9H15NO2.C9H15NOS/c1-8(2)9-11-10(7-12-9)5-3-4-6-10;1-7(2)8-10-5-9(11-8)3-4-12-6-9;2*1-7(2)8-10-9(6-12-8)3-4-11-5-9/h8H,3-7H2,1-2H3;7H,3-6H2,1-2H3,(H,10,11);2*7H,3-6H2,1-2H3. The summed E-state index contributed by atoms with van der Waals surface area (Å²) in [6.45, 7) is 24.1. The Hall–Kier alpha value is -1.14. The van der Waals surface area contributed by atoms with Crippen LogP contribution in [-0.4, -0.2) is 108 Å². The Morgan fingerprint density at radius 3 is 1.60 bits per heavy atom. The Morgan fingerprint density at radius 2 is 1.15 bits per heavy atom. The second-order valence-electron chi connectivity index (χ2n) is 16.2. The van der Waals surface area contributed by atoms with Crippen LogP contribution in [0.25, 0.3) is 0 Å². The number of nitrogens with zero attached hydrogens (tertiary/aromatic N) is 4. The van der Waals surface area contributed by atoms with Crippen molar-refractivity contribution < 1.29 is 18.9 Å². The number of ether oxygens (including phenoxy) is 4. The number of aliphatic imine (C=N–C) groups is 4. The van der Waals surface area contributed by atoms with E-state index in [4.69, 9.17) is 28.9 Å². The van der Waals surface area contributed by atoms with Gasteiger partial charge in [0.25, 0.3) is 0 Å². The Balaban J connectivity index is 0.000000125. The lowest BCUT2D eigenvalue weighted by Gasteiger charge is -2.22. The van der Waals surface area contributed by atoms with E-state index < -0.39 is 0 Å². The fourth-order valence-corrected chi connectivity index (χ4v) is 9.70. The van der Waals surface area contributed by atoms with Crippen molar-refractivity contribution in [1.29, 1.82) is 0 Å². The van der Waals surface area contributed by atoms with E-state index in [9.17, 15) is 0 Å². The van der Waals surface area contributed by atoms with Crippen molar-refractivity contribution in [1.82, 2.24) is 5.32 Å². The molecular weight excluding hydrogens is 643 g/mol. The van der Waals surface area contributed by atoms with Crippen molar-refractivity contribution in [3.8, 4) is 0 Å². The highest BCUT2D eigenvalue weighted by molar-refractivity contribution is 8.14. The van der Waals surface area contributed by atoms with Gasteiger partial charge in [0.15, 0.2) is 5.90 Å². The maximum absolute atomic E-state index is 5.52. The summed E-state index contributed by atoms with van der Waals surface area (Å²) < 4.78 is 21.6. The molecule has 3 atom stereocenters. The fourth-order valence-electron chi connectivity index (χ4n) is 7.04. The molecule has 7 aliphatic heterocycles. The Labute approximate surface area is 299 Å². The second-order valence-corrected chi connectivity index (χ2v) is 18.2. The van der Waals surface area contributed by atoms with Crippen LogP contribution in [0.3, 0.4) is 0 Å². The highest BCUT2D eigenvalue weighted by Gasteiger charge is 2.42. The van der Waals surface area contributed by atoms with Crippen LogP contribution in [0.5, 0.6) is 0 Å². The molecule has 1 saturated carbocycles. The summed E-state index contributed by atoms with van der Waals surface area (Å²) in [5, 5.41) is 6.21.